The Labute approximate surface area is 114 Å². The van der Waals surface area contributed by atoms with Gasteiger partial charge in [0.2, 0.25) is 0 Å². The maximum absolute atomic E-state index is 10.9. The van der Waals surface area contributed by atoms with Crippen molar-refractivity contribution in [1.29, 1.82) is 0 Å². The Hall–Kier alpha value is -0.950. The van der Waals surface area contributed by atoms with Crippen molar-refractivity contribution in [1.82, 2.24) is 5.32 Å². The summed E-state index contributed by atoms with van der Waals surface area (Å²) in [4.78, 5) is 10.9. The average molecular weight is 318 g/mol. The summed E-state index contributed by atoms with van der Waals surface area (Å²) in [6, 6.07) is 4.40. The molecule has 0 spiro atoms. The van der Waals surface area contributed by atoms with Crippen LogP contribution in [-0.2, 0) is 0 Å². The number of aliphatic hydroxyl groups excluding tert-OH is 2. The summed E-state index contributed by atoms with van der Waals surface area (Å²) < 4.78 is 0.553. The van der Waals surface area contributed by atoms with Crippen LogP contribution in [0.5, 0.6) is 0 Å². The molecule has 1 aromatic rings. The first-order valence-corrected chi connectivity index (χ1v) is 6.29. The Morgan fingerprint density at radius 3 is 2.61 bits per heavy atom. The number of halogens is 1. The largest absolute Gasteiger partial charge is 0.478 e. The summed E-state index contributed by atoms with van der Waals surface area (Å²) in [5, 5.41) is 31.5. The van der Waals surface area contributed by atoms with Crippen LogP contribution in [0.25, 0.3) is 0 Å². The fraction of sp³-hybridized carbons (Fsp3) is 0.417. The number of aromatic carboxylic acids is 1. The van der Waals surface area contributed by atoms with Gasteiger partial charge in [-0.25, -0.2) is 4.79 Å². The van der Waals surface area contributed by atoms with Crippen molar-refractivity contribution < 1.29 is 20.1 Å². The summed E-state index contributed by atoms with van der Waals surface area (Å²) in [6.45, 7) is 0.567. The first kappa shape index (κ1) is 15.1. The minimum absolute atomic E-state index is 0.0687. The predicted molar refractivity (Wildman–Crippen MR) is 70.6 cm³/mol. The van der Waals surface area contributed by atoms with E-state index in [1.54, 1.807) is 13.1 Å². The van der Waals surface area contributed by atoms with E-state index in [0.717, 1.165) is 0 Å². The number of benzene rings is 1. The number of nitrogens with one attached hydrogen (secondary N) is 1. The zero-order valence-corrected chi connectivity index (χ0v) is 11.5. The molecule has 0 aliphatic carbocycles. The Morgan fingerprint density at radius 1 is 1.39 bits per heavy atom. The zero-order valence-electron chi connectivity index (χ0n) is 9.93. The molecule has 1 aromatic carbocycles. The highest BCUT2D eigenvalue weighted by molar-refractivity contribution is 9.10. The lowest BCUT2D eigenvalue weighted by Crippen LogP contribution is -2.23. The molecular weight excluding hydrogens is 302 g/mol. The first-order chi connectivity index (χ1) is 8.45. The second-order valence-corrected chi connectivity index (χ2v) is 4.90. The number of carboxylic acid groups (broad SMARTS) is 1. The van der Waals surface area contributed by atoms with Gasteiger partial charge in [-0.2, -0.15) is 0 Å². The molecule has 0 radical (unpaired) electrons. The van der Waals surface area contributed by atoms with Gasteiger partial charge in [-0.15, -0.1) is 0 Å². The van der Waals surface area contributed by atoms with Crippen LogP contribution < -0.4 is 5.32 Å². The molecule has 0 aliphatic rings. The molecular formula is C12H16BrNO4. The molecule has 6 heteroatoms. The van der Waals surface area contributed by atoms with E-state index in [-0.39, 0.29) is 5.56 Å². The van der Waals surface area contributed by atoms with Gasteiger partial charge in [-0.3, -0.25) is 0 Å². The van der Waals surface area contributed by atoms with Gasteiger partial charge in [0.25, 0.3) is 0 Å². The highest BCUT2D eigenvalue weighted by Gasteiger charge is 2.19. The van der Waals surface area contributed by atoms with Crippen molar-refractivity contribution in [3.63, 3.8) is 0 Å². The Kier molecular flexibility index (Phi) is 5.74. The Bertz CT molecular complexity index is 425. The summed E-state index contributed by atoms with van der Waals surface area (Å²) >= 11 is 3.18. The number of aliphatic hydroxyl groups is 2. The second-order valence-electron chi connectivity index (χ2n) is 3.98. The van der Waals surface area contributed by atoms with Crippen molar-refractivity contribution in [3.8, 4) is 0 Å². The van der Waals surface area contributed by atoms with E-state index in [4.69, 9.17) is 5.11 Å². The summed E-state index contributed by atoms with van der Waals surface area (Å²) in [7, 11) is 1.75. The fourth-order valence-electron chi connectivity index (χ4n) is 1.58. The summed E-state index contributed by atoms with van der Waals surface area (Å²) in [5.74, 6) is -1.07. The van der Waals surface area contributed by atoms with Gasteiger partial charge in [0.1, 0.15) is 6.10 Å². The van der Waals surface area contributed by atoms with E-state index >= 15 is 0 Å². The second kappa shape index (κ2) is 6.84. The maximum atomic E-state index is 10.9. The topological polar surface area (TPSA) is 89.8 Å². The van der Waals surface area contributed by atoms with Crippen LogP contribution in [0.4, 0.5) is 0 Å². The van der Waals surface area contributed by atoms with Gasteiger partial charge in [-0.05, 0) is 43.8 Å². The van der Waals surface area contributed by atoms with Crippen molar-refractivity contribution >= 4 is 21.9 Å². The van der Waals surface area contributed by atoms with Crippen molar-refractivity contribution in [3.05, 3.63) is 33.8 Å². The summed E-state index contributed by atoms with van der Waals surface area (Å²) in [5.41, 5.74) is 0.449. The van der Waals surface area contributed by atoms with Gasteiger partial charge in [0.15, 0.2) is 0 Å². The molecule has 100 valence electrons. The molecule has 0 heterocycles. The van der Waals surface area contributed by atoms with Crippen molar-refractivity contribution in [2.24, 2.45) is 0 Å². The lowest BCUT2D eigenvalue weighted by Gasteiger charge is -2.18. The molecule has 0 saturated heterocycles. The normalized spacial score (nSPS) is 14.2. The third kappa shape index (κ3) is 4.06. The predicted octanol–water partition coefficient (Wildman–Crippen LogP) is 1.15. The Morgan fingerprint density at radius 2 is 2.06 bits per heavy atom. The zero-order chi connectivity index (χ0) is 13.7. The fourth-order valence-corrected chi connectivity index (χ4v) is 2.09. The van der Waals surface area contributed by atoms with Crippen LogP contribution in [-0.4, -0.2) is 41.0 Å². The highest BCUT2D eigenvalue weighted by atomic mass is 79.9. The van der Waals surface area contributed by atoms with Gasteiger partial charge < -0.3 is 20.6 Å². The monoisotopic (exact) mass is 317 g/mol. The molecule has 0 amide bonds. The molecule has 0 saturated carbocycles. The minimum atomic E-state index is -1.10. The number of hydrogen-bond donors (Lipinski definition) is 4. The number of rotatable bonds is 6. The molecule has 18 heavy (non-hydrogen) atoms. The van der Waals surface area contributed by atoms with Gasteiger partial charge in [0.05, 0.1) is 11.7 Å². The third-order valence-electron chi connectivity index (χ3n) is 2.56. The molecule has 0 fully saturated rings. The van der Waals surface area contributed by atoms with Crippen LogP contribution >= 0.6 is 15.9 Å². The van der Waals surface area contributed by atoms with Crippen LogP contribution in [0.2, 0.25) is 0 Å². The van der Waals surface area contributed by atoms with E-state index in [2.05, 4.69) is 21.2 Å². The molecule has 0 aromatic heterocycles. The molecule has 2 atom stereocenters. The maximum Gasteiger partial charge on any atom is 0.335 e. The quantitative estimate of drug-likeness (QED) is 0.632. The van der Waals surface area contributed by atoms with E-state index in [0.29, 0.717) is 23.0 Å². The molecule has 2 unspecified atom stereocenters. The number of hydrogen-bond acceptors (Lipinski definition) is 4. The van der Waals surface area contributed by atoms with Crippen LogP contribution in [0.3, 0.4) is 0 Å². The SMILES string of the molecule is CNCCC(O)C(O)c1cc(Br)cc(C(=O)O)c1. The number of carbonyl (C=O) groups is 1. The number of carboxylic acids is 1. The standard InChI is InChI=1S/C12H16BrNO4/c1-14-3-2-10(15)11(16)7-4-8(12(17)18)6-9(13)5-7/h4-6,10-11,14-16H,2-3H2,1H3,(H,17,18). The van der Waals surface area contributed by atoms with Gasteiger partial charge in [-0.1, -0.05) is 15.9 Å². The molecule has 5 nitrogen and oxygen atoms in total. The Balaban J connectivity index is 2.91. The third-order valence-corrected chi connectivity index (χ3v) is 3.02. The first-order valence-electron chi connectivity index (χ1n) is 5.50. The van der Waals surface area contributed by atoms with Gasteiger partial charge in [0, 0.05) is 4.47 Å². The van der Waals surface area contributed by atoms with Crippen LogP contribution in [0.1, 0.15) is 28.4 Å². The lowest BCUT2D eigenvalue weighted by atomic mass is 10.00. The highest BCUT2D eigenvalue weighted by Crippen LogP contribution is 2.24. The smallest absolute Gasteiger partial charge is 0.335 e. The minimum Gasteiger partial charge on any atom is -0.478 e. The molecule has 1 rings (SSSR count). The molecule has 0 aliphatic heterocycles. The van der Waals surface area contributed by atoms with Crippen LogP contribution in [0.15, 0.2) is 22.7 Å². The van der Waals surface area contributed by atoms with E-state index in [9.17, 15) is 15.0 Å². The van der Waals surface area contributed by atoms with Crippen LogP contribution in [0, 0.1) is 0 Å². The molecule has 4 N–H and O–H groups in total. The molecule has 0 bridgehead atoms. The van der Waals surface area contributed by atoms with Crippen molar-refractivity contribution in [2.45, 2.75) is 18.6 Å². The van der Waals surface area contributed by atoms with E-state index < -0.39 is 18.2 Å². The van der Waals surface area contributed by atoms with E-state index in [1.165, 1.54) is 12.1 Å². The van der Waals surface area contributed by atoms with Gasteiger partial charge >= 0.3 is 5.97 Å². The average Bonchev–Trinajstić information content (AvgIpc) is 2.34. The lowest BCUT2D eigenvalue weighted by molar-refractivity contribution is 0.0139. The summed E-state index contributed by atoms with van der Waals surface area (Å²) in [6.07, 6.45) is -1.66. The van der Waals surface area contributed by atoms with Crippen molar-refractivity contribution in [2.75, 3.05) is 13.6 Å². The van der Waals surface area contributed by atoms with E-state index in [1.807, 2.05) is 0 Å².